The van der Waals surface area contributed by atoms with Gasteiger partial charge in [-0.15, -0.1) is 0 Å². The third kappa shape index (κ3) is 2.39. The van der Waals surface area contributed by atoms with E-state index in [2.05, 4.69) is 12.1 Å². The third-order valence-corrected chi connectivity index (χ3v) is 6.05. The Balaban J connectivity index is 1.83. The van der Waals surface area contributed by atoms with E-state index >= 15 is 0 Å². The number of carbonyl (C=O) groups is 1. The van der Waals surface area contributed by atoms with Crippen molar-refractivity contribution < 1.29 is 14.3 Å². The molecule has 1 aliphatic rings. The van der Waals surface area contributed by atoms with Crippen LogP contribution in [0.15, 0.2) is 64.4 Å². The second kappa shape index (κ2) is 5.99. The molecule has 0 amide bonds. The van der Waals surface area contributed by atoms with Gasteiger partial charge in [0.1, 0.15) is 5.75 Å². The van der Waals surface area contributed by atoms with Crippen LogP contribution in [0.2, 0.25) is 0 Å². The molecule has 4 nitrogen and oxygen atoms in total. The normalized spacial score (nSPS) is 12.1. The summed E-state index contributed by atoms with van der Waals surface area (Å²) in [5.41, 5.74) is 4.66. The van der Waals surface area contributed by atoms with Gasteiger partial charge in [0.2, 0.25) is 0 Å². The maximum absolute atomic E-state index is 12.0. The van der Waals surface area contributed by atoms with Crippen molar-refractivity contribution in [1.82, 2.24) is 4.98 Å². The molecule has 0 saturated carbocycles. The molecule has 0 radical (unpaired) electrons. The summed E-state index contributed by atoms with van der Waals surface area (Å²) in [6.45, 7) is 0. The van der Waals surface area contributed by atoms with E-state index in [0.29, 0.717) is 5.56 Å². The number of rotatable bonds is 2. The molecule has 0 bridgehead atoms. The number of benzene rings is 3. The molecule has 132 valence electrons. The zero-order valence-corrected chi connectivity index (χ0v) is 15.6. The molecule has 27 heavy (non-hydrogen) atoms. The van der Waals surface area contributed by atoms with Gasteiger partial charge in [-0.3, -0.25) is 0 Å². The number of aromatic nitrogens is 1. The molecule has 0 unspecified atom stereocenters. The largest absolute Gasteiger partial charge is 0.497 e. The van der Waals surface area contributed by atoms with Crippen molar-refractivity contribution in [2.45, 2.75) is 9.79 Å². The van der Waals surface area contributed by atoms with Crippen molar-refractivity contribution >= 4 is 39.5 Å². The number of esters is 1. The summed E-state index contributed by atoms with van der Waals surface area (Å²) in [4.78, 5) is 19.0. The molecule has 1 aliphatic heterocycles. The van der Waals surface area contributed by atoms with Crippen molar-refractivity contribution in [2.75, 3.05) is 14.2 Å². The first-order valence-electron chi connectivity index (χ1n) is 8.50. The van der Waals surface area contributed by atoms with E-state index in [1.54, 1.807) is 18.9 Å². The summed E-state index contributed by atoms with van der Waals surface area (Å²) < 4.78 is 10.2. The van der Waals surface area contributed by atoms with Crippen molar-refractivity contribution in [1.29, 1.82) is 0 Å². The number of nitrogens with zero attached hydrogens (tertiary/aromatic N) is 1. The molecule has 0 atom stereocenters. The van der Waals surface area contributed by atoms with Gasteiger partial charge in [-0.2, -0.15) is 0 Å². The Morgan fingerprint density at radius 1 is 0.963 bits per heavy atom. The van der Waals surface area contributed by atoms with Crippen LogP contribution in [-0.2, 0) is 4.74 Å². The first kappa shape index (κ1) is 16.1. The van der Waals surface area contributed by atoms with Gasteiger partial charge >= 0.3 is 5.97 Å². The molecular formula is C22H15NO3S. The van der Waals surface area contributed by atoms with Crippen LogP contribution in [0.1, 0.15) is 10.4 Å². The number of fused-ring (bicyclic) bond motifs is 4. The Morgan fingerprint density at radius 3 is 2.67 bits per heavy atom. The van der Waals surface area contributed by atoms with Crippen LogP contribution in [-0.4, -0.2) is 25.2 Å². The lowest BCUT2D eigenvalue weighted by Gasteiger charge is -2.22. The predicted molar refractivity (Wildman–Crippen MR) is 107 cm³/mol. The van der Waals surface area contributed by atoms with Gasteiger partial charge in [-0.05, 0) is 41.5 Å². The maximum Gasteiger partial charge on any atom is 0.337 e. The molecule has 0 saturated heterocycles. The fraction of sp³-hybridized carbons (Fsp3) is 0.0909. The Labute approximate surface area is 160 Å². The van der Waals surface area contributed by atoms with Crippen LogP contribution in [0.25, 0.3) is 32.9 Å². The molecule has 0 spiro atoms. The summed E-state index contributed by atoms with van der Waals surface area (Å²) in [6.07, 6.45) is 0. The second-order valence-electron chi connectivity index (χ2n) is 6.33. The smallest absolute Gasteiger partial charge is 0.337 e. The Bertz CT molecular complexity index is 1250. The minimum atomic E-state index is -0.327. The highest BCUT2D eigenvalue weighted by Gasteiger charge is 2.23. The van der Waals surface area contributed by atoms with Gasteiger partial charge in [-0.25, -0.2) is 9.78 Å². The van der Waals surface area contributed by atoms with Crippen molar-refractivity contribution in [3.8, 4) is 16.9 Å². The minimum Gasteiger partial charge on any atom is -0.497 e. The molecule has 1 aromatic heterocycles. The summed E-state index contributed by atoms with van der Waals surface area (Å²) in [5.74, 6) is 0.457. The lowest BCUT2D eigenvalue weighted by molar-refractivity contribution is 0.0600. The second-order valence-corrected chi connectivity index (χ2v) is 7.38. The van der Waals surface area contributed by atoms with E-state index in [1.165, 1.54) is 7.11 Å². The zero-order chi connectivity index (χ0) is 18.5. The van der Waals surface area contributed by atoms with Crippen molar-refractivity contribution in [3.05, 3.63) is 60.2 Å². The molecule has 5 rings (SSSR count). The number of ether oxygens (including phenoxy) is 2. The third-order valence-electron chi connectivity index (χ3n) is 4.86. The van der Waals surface area contributed by atoms with Crippen molar-refractivity contribution in [3.63, 3.8) is 0 Å². The van der Waals surface area contributed by atoms with Crippen LogP contribution in [0.3, 0.4) is 0 Å². The Hall–Kier alpha value is -3.05. The van der Waals surface area contributed by atoms with E-state index in [9.17, 15) is 4.79 Å². The van der Waals surface area contributed by atoms with Gasteiger partial charge in [-0.1, -0.05) is 30.0 Å². The standard InChI is InChI=1S/C22H15NO3S/c1-25-13-7-9-16-18(11-13)23-17-5-3-4-15-14-8-6-12(22(24)26-2)10-19(14)27-21(16)20(15)17/h3-11H,1-2H3. The number of carbonyl (C=O) groups excluding carboxylic acids is 1. The first-order valence-corrected chi connectivity index (χ1v) is 9.32. The molecular weight excluding hydrogens is 358 g/mol. The molecule has 5 heteroatoms. The van der Waals surface area contributed by atoms with Gasteiger partial charge in [0.05, 0.1) is 30.8 Å². The lowest BCUT2D eigenvalue weighted by atomic mass is 9.97. The summed E-state index contributed by atoms with van der Waals surface area (Å²) in [7, 11) is 3.06. The van der Waals surface area contributed by atoms with Crippen LogP contribution in [0.5, 0.6) is 5.75 Å². The monoisotopic (exact) mass is 373 g/mol. The minimum absolute atomic E-state index is 0.327. The van der Waals surface area contributed by atoms with E-state index in [-0.39, 0.29) is 5.97 Å². The number of methoxy groups -OCH3 is 2. The molecule has 3 aromatic carbocycles. The first-order chi connectivity index (χ1) is 13.2. The summed E-state index contributed by atoms with van der Waals surface area (Å²) >= 11 is 1.67. The average Bonchev–Trinajstić information content (AvgIpc) is 2.72. The van der Waals surface area contributed by atoms with E-state index < -0.39 is 0 Å². The van der Waals surface area contributed by atoms with Gasteiger partial charge in [0.15, 0.2) is 0 Å². The lowest BCUT2D eigenvalue weighted by Crippen LogP contribution is -2.03. The average molecular weight is 373 g/mol. The molecule has 0 fully saturated rings. The van der Waals surface area contributed by atoms with Crippen LogP contribution >= 0.6 is 11.8 Å². The predicted octanol–water partition coefficient (Wildman–Crippen LogP) is 5.31. The Kier molecular flexibility index (Phi) is 3.58. The molecule has 2 heterocycles. The molecule has 0 N–H and O–H groups in total. The van der Waals surface area contributed by atoms with E-state index in [0.717, 1.165) is 48.5 Å². The van der Waals surface area contributed by atoms with Crippen molar-refractivity contribution in [2.24, 2.45) is 0 Å². The fourth-order valence-electron chi connectivity index (χ4n) is 3.57. The SMILES string of the molecule is COC(=O)c1ccc2c(c1)Sc1c3ccc(OC)cc3nc3cccc-2c13. The van der Waals surface area contributed by atoms with Gasteiger partial charge < -0.3 is 9.47 Å². The molecule has 0 aliphatic carbocycles. The zero-order valence-electron chi connectivity index (χ0n) is 14.8. The highest BCUT2D eigenvalue weighted by Crippen LogP contribution is 2.50. The summed E-state index contributed by atoms with van der Waals surface area (Å²) in [5, 5.41) is 2.23. The van der Waals surface area contributed by atoms with Crippen LogP contribution in [0.4, 0.5) is 0 Å². The van der Waals surface area contributed by atoms with E-state index in [1.807, 2.05) is 42.5 Å². The Morgan fingerprint density at radius 2 is 1.85 bits per heavy atom. The fourth-order valence-corrected chi connectivity index (χ4v) is 4.87. The highest BCUT2D eigenvalue weighted by molar-refractivity contribution is 8.00. The number of hydrogen-bond donors (Lipinski definition) is 0. The topological polar surface area (TPSA) is 48.4 Å². The van der Waals surface area contributed by atoms with Crippen LogP contribution < -0.4 is 4.74 Å². The number of pyridine rings is 1. The van der Waals surface area contributed by atoms with Gasteiger partial charge in [0, 0.05) is 26.6 Å². The van der Waals surface area contributed by atoms with Gasteiger partial charge in [0.25, 0.3) is 0 Å². The maximum atomic E-state index is 12.0. The number of hydrogen-bond acceptors (Lipinski definition) is 5. The summed E-state index contributed by atoms with van der Waals surface area (Å²) in [6, 6.07) is 17.8. The molecule has 4 aromatic rings. The highest BCUT2D eigenvalue weighted by atomic mass is 32.2. The quantitative estimate of drug-likeness (QED) is 0.310. The van der Waals surface area contributed by atoms with E-state index in [4.69, 9.17) is 14.5 Å². The van der Waals surface area contributed by atoms with Crippen LogP contribution in [0, 0.1) is 0 Å².